The molecule has 30 heavy (non-hydrogen) atoms. The summed E-state index contributed by atoms with van der Waals surface area (Å²) < 4.78 is 0.981. The van der Waals surface area contributed by atoms with Gasteiger partial charge in [0.25, 0.3) is 0 Å². The molecule has 2 aromatic carbocycles. The lowest BCUT2D eigenvalue weighted by Crippen LogP contribution is -2.50. The van der Waals surface area contributed by atoms with Crippen molar-refractivity contribution in [2.45, 2.75) is 56.1 Å². The zero-order valence-corrected chi connectivity index (χ0v) is 20.1. The minimum atomic E-state index is -0.535. The van der Waals surface area contributed by atoms with Crippen LogP contribution in [-0.4, -0.2) is 34.6 Å². The maximum atomic E-state index is 13.1. The van der Waals surface area contributed by atoms with Crippen molar-refractivity contribution in [3.8, 4) is 0 Å². The van der Waals surface area contributed by atoms with Gasteiger partial charge < -0.3 is 10.2 Å². The molecule has 1 aliphatic carbocycles. The van der Waals surface area contributed by atoms with Gasteiger partial charge in [-0.3, -0.25) is 9.59 Å². The van der Waals surface area contributed by atoms with E-state index in [2.05, 4.69) is 21.2 Å². The summed E-state index contributed by atoms with van der Waals surface area (Å²) in [5.74, 6) is 0.120. The summed E-state index contributed by atoms with van der Waals surface area (Å²) in [6, 6.07) is 15.0. The molecule has 1 unspecified atom stereocenters. The van der Waals surface area contributed by atoms with Crippen LogP contribution in [0.3, 0.4) is 0 Å². The van der Waals surface area contributed by atoms with Gasteiger partial charge in [-0.15, -0.1) is 11.8 Å². The van der Waals surface area contributed by atoms with Gasteiger partial charge in [0.05, 0.1) is 5.75 Å². The Morgan fingerprint density at radius 3 is 2.40 bits per heavy atom. The number of carbonyl (C=O) groups excluding carboxylic acids is 2. The first-order chi connectivity index (χ1) is 14.4. The number of hydrogen-bond acceptors (Lipinski definition) is 3. The van der Waals surface area contributed by atoms with E-state index in [1.54, 1.807) is 4.90 Å². The van der Waals surface area contributed by atoms with E-state index in [0.29, 0.717) is 11.6 Å². The number of thioether (sulfide) groups is 1. The Kier molecular flexibility index (Phi) is 8.66. The van der Waals surface area contributed by atoms with E-state index < -0.39 is 6.04 Å². The second kappa shape index (κ2) is 11.2. The second-order valence-corrected chi connectivity index (χ2v) is 9.96. The molecule has 7 heteroatoms. The highest BCUT2D eigenvalue weighted by molar-refractivity contribution is 9.10. The third-order valence-corrected chi connectivity index (χ3v) is 7.09. The van der Waals surface area contributed by atoms with Crippen LogP contribution in [0.15, 0.2) is 57.9 Å². The van der Waals surface area contributed by atoms with Crippen molar-refractivity contribution < 1.29 is 9.59 Å². The standard InChI is InChI=1S/C23H26BrClN2O2S/c1-16(23(29)26-20-4-2-3-5-20)27(14-17-6-8-18(24)9-7-17)22(28)15-30-21-12-10-19(25)11-13-21/h6-13,16,20H,2-5,14-15H2,1H3,(H,26,29). The van der Waals surface area contributed by atoms with Crippen LogP contribution in [0.1, 0.15) is 38.2 Å². The van der Waals surface area contributed by atoms with Gasteiger partial charge in [0.15, 0.2) is 0 Å². The summed E-state index contributed by atoms with van der Waals surface area (Å²) in [7, 11) is 0. The predicted molar refractivity (Wildman–Crippen MR) is 127 cm³/mol. The van der Waals surface area contributed by atoms with E-state index in [-0.39, 0.29) is 23.6 Å². The Labute approximate surface area is 195 Å². The van der Waals surface area contributed by atoms with Gasteiger partial charge >= 0.3 is 0 Å². The number of carbonyl (C=O) groups is 2. The fourth-order valence-corrected chi connectivity index (χ4v) is 4.69. The average molecular weight is 510 g/mol. The third-order valence-electron chi connectivity index (χ3n) is 5.31. The summed E-state index contributed by atoms with van der Waals surface area (Å²) in [6.45, 7) is 2.21. The largest absolute Gasteiger partial charge is 0.352 e. The first-order valence-electron chi connectivity index (χ1n) is 10.1. The van der Waals surface area contributed by atoms with Crippen molar-refractivity contribution in [2.75, 3.05) is 5.75 Å². The van der Waals surface area contributed by atoms with Gasteiger partial charge in [0.2, 0.25) is 11.8 Å². The molecular weight excluding hydrogens is 484 g/mol. The Hall–Kier alpha value is -1.50. The molecule has 0 aliphatic heterocycles. The highest BCUT2D eigenvalue weighted by atomic mass is 79.9. The van der Waals surface area contributed by atoms with E-state index in [9.17, 15) is 9.59 Å². The summed E-state index contributed by atoms with van der Waals surface area (Å²) in [4.78, 5) is 28.6. The first-order valence-corrected chi connectivity index (χ1v) is 12.3. The van der Waals surface area contributed by atoms with Gasteiger partial charge in [0, 0.05) is 27.0 Å². The normalized spacial score (nSPS) is 15.0. The van der Waals surface area contributed by atoms with Crippen molar-refractivity contribution in [2.24, 2.45) is 0 Å². The zero-order chi connectivity index (χ0) is 21.5. The van der Waals surface area contributed by atoms with Crippen LogP contribution in [0.5, 0.6) is 0 Å². The Balaban J connectivity index is 1.69. The lowest BCUT2D eigenvalue weighted by atomic mass is 10.1. The fraction of sp³-hybridized carbons (Fsp3) is 0.391. The van der Waals surface area contributed by atoms with Gasteiger partial charge in [-0.1, -0.05) is 52.5 Å². The molecular formula is C23H26BrClN2O2S. The predicted octanol–water partition coefficient (Wildman–Crippen LogP) is 5.67. The lowest BCUT2D eigenvalue weighted by molar-refractivity contribution is -0.138. The van der Waals surface area contributed by atoms with Crippen LogP contribution < -0.4 is 5.32 Å². The van der Waals surface area contributed by atoms with E-state index in [0.717, 1.165) is 40.6 Å². The molecule has 160 valence electrons. The molecule has 4 nitrogen and oxygen atoms in total. The number of nitrogens with zero attached hydrogens (tertiary/aromatic N) is 1. The SMILES string of the molecule is CC(C(=O)NC1CCCC1)N(Cc1ccc(Br)cc1)C(=O)CSc1ccc(Cl)cc1. The molecule has 0 heterocycles. The molecule has 2 aromatic rings. The second-order valence-electron chi connectivity index (χ2n) is 7.56. The Bertz CT molecular complexity index is 855. The van der Waals surface area contributed by atoms with Crippen molar-refractivity contribution in [1.82, 2.24) is 10.2 Å². The molecule has 1 fully saturated rings. The molecule has 0 aromatic heterocycles. The maximum absolute atomic E-state index is 13.1. The minimum Gasteiger partial charge on any atom is -0.352 e. The number of nitrogens with one attached hydrogen (secondary N) is 1. The lowest BCUT2D eigenvalue weighted by Gasteiger charge is -2.29. The molecule has 2 amide bonds. The highest BCUT2D eigenvalue weighted by Gasteiger charge is 2.28. The number of rotatable bonds is 8. The van der Waals surface area contributed by atoms with E-state index in [1.807, 2.05) is 55.5 Å². The van der Waals surface area contributed by atoms with Crippen LogP contribution >= 0.6 is 39.3 Å². The first kappa shape index (κ1) is 23.2. The van der Waals surface area contributed by atoms with Crippen LogP contribution in [-0.2, 0) is 16.1 Å². The number of amides is 2. The molecule has 1 atom stereocenters. The van der Waals surface area contributed by atoms with Gasteiger partial charge in [-0.05, 0) is 61.7 Å². The molecule has 0 bridgehead atoms. The van der Waals surface area contributed by atoms with Crippen molar-refractivity contribution in [3.05, 3.63) is 63.6 Å². The van der Waals surface area contributed by atoms with Crippen molar-refractivity contribution >= 4 is 51.1 Å². The summed E-state index contributed by atoms with van der Waals surface area (Å²) in [5.41, 5.74) is 0.989. The summed E-state index contributed by atoms with van der Waals surface area (Å²) >= 11 is 10.8. The van der Waals surface area contributed by atoms with E-state index in [4.69, 9.17) is 11.6 Å². The number of halogens is 2. The number of benzene rings is 2. The van der Waals surface area contributed by atoms with Crippen LogP contribution in [0.2, 0.25) is 5.02 Å². The average Bonchev–Trinajstić information content (AvgIpc) is 3.25. The van der Waals surface area contributed by atoms with Gasteiger partial charge in [-0.25, -0.2) is 0 Å². The molecule has 1 N–H and O–H groups in total. The highest BCUT2D eigenvalue weighted by Crippen LogP contribution is 2.23. The van der Waals surface area contributed by atoms with Crippen molar-refractivity contribution in [1.29, 1.82) is 0 Å². The zero-order valence-electron chi connectivity index (χ0n) is 16.9. The summed E-state index contributed by atoms with van der Waals surface area (Å²) in [6.07, 6.45) is 4.34. The maximum Gasteiger partial charge on any atom is 0.242 e. The molecule has 1 aliphatic rings. The van der Waals surface area contributed by atoms with Crippen LogP contribution in [0.4, 0.5) is 0 Å². The molecule has 0 radical (unpaired) electrons. The van der Waals surface area contributed by atoms with Crippen LogP contribution in [0.25, 0.3) is 0 Å². The van der Waals surface area contributed by atoms with Gasteiger partial charge in [-0.2, -0.15) is 0 Å². The minimum absolute atomic E-state index is 0.0630. The summed E-state index contributed by atoms with van der Waals surface area (Å²) in [5, 5.41) is 3.79. The Morgan fingerprint density at radius 2 is 1.77 bits per heavy atom. The quantitative estimate of drug-likeness (QED) is 0.466. The van der Waals surface area contributed by atoms with Crippen LogP contribution in [0, 0.1) is 0 Å². The van der Waals surface area contributed by atoms with E-state index in [1.165, 1.54) is 11.8 Å². The Morgan fingerprint density at radius 1 is 1.13 bits per heavy atom. The number of hydrogen-bond donors (Lipinski definition) is 1. The third kappa shape index (κ3) is 6.76. The van der Waals surface area contributed by atoms with Gasteiger partial charge in [0.1, 0.15) is 6.04 Å². The topological polar surface area (TPSA) is 49.4 Å². The smallest absolute Gasteiger partial charge is 0.242 e. The van der Waals surface area contributed by atoms with E-state index >= 15 is 0 Å². The molecule has 0 spiro atoms. The monoisotopic (exact) mass is 508 g/mol. The fourth-order valence-electron chi connectivity index (χ4n) is 3.52. The molecule has 3 rings (SSSR count). The van der Waals surface area contributed by atoms with Crippen molar-refractivity contribution in [3.63, 3.8) is 0 Å². The molecule has 1 saturated carbocycles. The molecule has 0 saturated heterocycles.